The van der Waals surface area contributed by atoms with E-state index >= 15 is 0 Å². The first-order chi connectivity index (χ1) is 9.74. The van der Waals surface area contributed by atoms with Crippen molar-refractivity contribution in [1.29, 1.82) is 0 Å². The van der Waals surface area contributed by atoms with E-state index in [1.807, 2.05) is 18.2 Å². The minimum absolute atomic E-state index is 0.0264. The van der Waals surface area contributed by atoms with Gasteiger partial charge in [-0.15, -0.1) is 0 Å². The molecule has 0 bridgehead atoms. The third-order valence-corrected chi connectivity index (χ3v) is 3.85. The number of nitrogens with zero attached hydrogens (tertiary/aromatic N) is 1. The molecule has 3 rings (SSSR count). The number of rotatable bonds is 2. The number of likely N-dealkylation sites (N-methyl/N-ethyl adjacent to an activating group) is 1. The third-order valence-electron chi connectivity index (χ3n) is 3.85. The van der Waals surface area contributed by atoms with Gasteiger partial charge in [0.05, 0.1) is 32.0 Å². The largest absolute Gasteiger partial charge is 0.490 e. The molecule has 0 saturated carbocycles. The first-order valence-corrected chi connectivity index (χ1v) is 7.19. The predicted octanol–water partition coefficient (Wildman–Crippen LogP) is 1.18. The Labute approximate surface area is 119 Å². The molecule has 0 spiro atoms. The normalized spacial score (nSPS) is 25.0. The second kappa shape index (κ2) is 5.99. The van der Waals surface area contributed by atoms with E-state index in [1.54, 1.807) is 0 Å². The van der Waals surface area contributed by atoms with Crippen molar-refractivity contribution in [2.75, 3.05) is 40.0 Å². The van der Waals surface area contributed by atoms with E-state index in [4.69, 9.17) is 19.9 Å². The van der Waals surface area contributed by atoms with Crippen molar-refractivity contribution in [3.8, 4) is 11.5 Å². The fraction of sp³-hybridized carbons (Fsp3) is 0.600. The highest BCUT2D eigenvalue weighted by Gasteiger charge is 2.26. The van der Waals surface area contributed by atoms with Crippen molar-refractivity contribution in [2.45, 2.75) is 18.6 Å². The maximum absolute atomic E-state index is 6.36. The van der Waals surface area contributed by atoms with Gasteiger partial charge in [0.25, 0.3) is 0 Å². The van der Waals surface area contributed by atoms with E-state index in [-0.39, 0.29) is 12.1 Å². The summed E-state index contributed by atoms with van der Waals surface area (Å²) in [5, 5.41) is 0. The lowest BCUT2D eigenvalue weighted by molar-refractivity contribution is -0.0326. The molecule has 2 N–H and O–H groups in total. The molecule has 0 amide bonds. The monoisotopic (exact) mass is 278 g/mol. The highest BCUT2D eigenvalue weighted by Crippen LogP contribution is 2.33. The molecule has 5 nitrogen and oxygen atoms in total. The highest BCUT2D eigenvalue weighted by atomic mass is 16.5. The molecule has 2 atom stereocenters. The van der Waals surface area contributed by atoms with Crippen molar-refractivity contribution in [1.82, 2.24) is 4.90 Å². The molecule has 110 valence electrons. The predicted molar refractivity (Wildman–Crippen MR) is 76.2 cm³/mol. The Morgan fingerprint density at radius 3 is 2.80 bits per heavy atom. The lowest BCUT2D eigenvalue weighted by Crippen LogP contribution is -2.45. The van der Waals surface area contributed by atoms with Gasteiger partial charge < -0.3 is 24.8 Å². The van der Waals surface area contributed by atoms with E-state index in [0.717, 1.165) is 43.2 Å². The molecule has 5 heteroatoms. The molecule has 1 saturated heterocycles. The topological polar surface area (TPSA) is 57.0 Å². The quantitative estimate of drug-likeness (QED) is 0.880. The fourth-order valence-electron chi connectivity index (χ4n) is 2.63. The maximum atomic E-state index is 6.36. The van der Waals surface area contributed by atoms with E-state index in [2.05, 4.69) is 11.9 Å². The summed E-state index contributed by atoms with van der Waals surface area (Å²) in [6.45, 7) is 3.95. The third kappa shape index (κ3) is 2.90. The standard InChI is InChI=1S/C15H22N2O3/c1-17-5-8-20-14(10-17)15(16)11-3-4-12-13(9-11)19-7-2-6-18-12/h3-4,9,14-15H,2,5-8,10,16H2,1H3. The van der Waals surface area contributed by atoms with Crippen LogP contribution < -0.4 is 15.2 Å². The van der Waals surface area contributed by atoms with Crippen LogP contribution in [0.2, 0.25) is 0 Å². The van der Waals surface area contributed by atoms with Crippen molar-refractivity contribution in [3.63, 3.8) is 0 Å². The Kier molecular flexibility index (Phi) is 4.10. The van der Waals surface area contributed by atoms with Crippen LogP contribution in [0.1, 0.15) is 18.0 Å². The summed E-state index contributed by atoms with van der Waals surface area (Å²) in [6.07, 6.45) is 0.936. The van der Waals surface area contributed by atoms with E-state index < -0.39 is 0 Å². The summed E-state index contributed by atoms with van der Waals surface area (Å²) >= 11 is 0. The molecule has 2 aliphatic rings. The molecular weight excluding hydrogens is 256 g/mol. The van der Waals surface area contributed by atoms with Gasteiger partial charge in [-0.2, -0.15) is 0 Å². The van der Waals surface area contributed by atoms with E-state index in [1.165, 1.54) is 0 Å². The number of hydrogen-bond donors (Lipinski definition) is 1. The van der Waals surface area contributed by atoms with Gasteiger partial charge in [-0.3, -0.25) is 0 Å². The molecule has 2 unspecified atom stereocenters. The zero-order valence-electron chi connectivity index (χ0n) is 11.9. The molecule has 1 fully saturated rings. The Morgan fingerprint density at radius 2 is 2.00 bits per heavy atom. The van der Waals surface area contributed by atoms with Crippen LogP contribution >= 0.6 is 0 Å². The Bertz CT molecular complexity index is 466. The summed E-state index contributed by atoms with van der Waals surface area (Å²) in [7, 11) is 2.09. The SMILES string of the molecule is CN1CCOC(C(N)c2ccc3c(c2)OCCCO3)C1. The van der Waals surface area contributed by atoms with Crippen molar-refractivity contribution >= 4 is 0 Å². The van der Waals surface area contributed by atoms with Gasteiger partial charge in [0.1, 0.15) is 0 Å². The molecule has 0 aromatic heterocycles. The molecule has 1 aromatic carbocycles. The van der Waals surface area contributed by atoms with Crippen LogP contribution in [0.5, 0.6) is 11.5 Å². The van der Waals surface area contributed by atoms with Crippen LogP contribution in [0.15, 0.2) is 18.2 Å². The van der Waals surface area contributed by atoms with Crippen LogP contribution in [0, 0.1) is 0 Å². The average Bonchev–Trinajstić information content (AvgIpc) is 2.71. The van der Waals surface area contributed by atoms with E-state index in [9.17, 15) is 0 Å². The summed E-state index contributed by atoms with van der Waals surface area (Å²) < 4.78 is 17.2. The second-order valence-corrected chi connectivity index (χ2v) is 5.45. The fourth-order valence-corrected chi connectivity index (χ4v) is 2.63. The van der Waals surface area contributed by atoms with Gasteiger partial charge in [0.15, 0.2) is 11.5 Å². The number of nitrogens with two attached hydrogens (primary N) is 1. The Morgan fingerprint density at radius 1 is 1.20 bits per heavy atom. The zero-order chi connectivity index (χ0) is 13.9. The molecule has 1 aromatic rings. The van der Waals surface area contributed by atoms with Crippen LogP contribution in [-0.4, -0.2) is 51.0 Å². The van der Waals surface area contributed by atoms with Crippen LogP contribution in [-0.2, 0) is 4.74 Å². The molecule has 2 heterocycles. The van der Waals surface area contributed by atoms with Crippen LogP contribution in [0.25, 0.3) is 0 Å². The summed E-state index contributed by atoms with van der Waals surface area (Å²) in [4.78, 5) is 2.25. The van der Waals surface area contributed by atoms with Gasteiger partial charge in [0, 0.05) is 19.5 Å². The smallest absolute Gasteiger partial charge is 0.161 e. The Hall–Kier alpha value is -1.30. The first kappa shape index (κ1) is 13.7. The second-order valence-electron chi connectivity index (χ2n) is 5.45. The lowest BCUT2D eigenvalue weighted by Gasteiger charge is -2.33. The Balaban J connectivity index is 1.77. The molecular formula is C15H22N2O3. The number of fused-ring (bicyclic) bond motifs is 1. The minimum atomic E-state index is -0.144. The van der Waals surface area contributed by atoms with E-state index in [0.29, 0.717) is 13.2 Å². The zero-order valence-corrected chi connectivity index (χ0v) is 11.9. The highest BCUT2D eigenvalue weighted by molar-refractivity contribution is 5.44. The summed E-state index contributed by atoms with van der Waals surface area (Å²) in [6, 6.07) is 5.80. The first-order valence-electron chi connectivity index (χ1n) is 7.19. The maximum Gasteiger partial charge on any atom is 0.161 e. The number of hydrogen-bond acceptors (Lipinski definition) is 5. The van der Waals surface area contributed by atoms with Gasteiger partial charge in [-0.1, -0.05) is 6.07 Å². The van der Waals surface area contributed by atoms with Crippen molar-refractivity contribution < 1.29 is 14.2 Å². The molecule has 2 aliphatic heterocycles. The summed E-state index contributed by atoms with van der Waals surface area (Å²) in [5.41, 5.74) is 7.39. The summed E-state index contributed by atoms with van der Waals surface area (Å²) in [5.74, 6) is 1.60. The van der Waals surface area contributed by atoms with Crippen LogP contribution in [0.4, 0.5) is 0 Å². The molecule has 0 aliphatic carbocycles. The molecule has 20 heavy (non-hydrogen) atoms. The number of morpholine rings is 1. The van der Waals surface area contributed by atoms with Crippen LogP contribution in [0.3, 0.4) is 0 Å². The van der Waals surface area contributed by atoms with Gasteiger partial charge in [0.2, 0.25) is 0 Å². The lowest BCUT2D eigenvalue weighted by atomic mass is 10.0. The number of ether oxygens (including phenoxy) is 3. The van der Waals surface area contributed by atoms with Crippen molar-refractivity contribution in [3.05, 3.63) is 23.8 Å². The average molecular weight is 278 g/mol. The molecule has 0 radical (unpaired) electrons. The number of benzene rings is 1. The minimum Gasteiger partial charge on any atom is -0.490 e. The van der Waals surface area contributed by atoms with Crippen molar-refractivity contribution in [2.24, 2.45) is 5.73 Å². The van der Waals surface area contributed by atoms with Gasteiger partial charge >= 0.3 is 0 Å². The van der Waals surface area contributed by atoms with Gasteiger partial charge in [-0.25, -0.2) is 0 Å². The van der Waals surface area contributed by atoms with Gasteiger partial charge in [-0.05, 0) is 24.7 Å².